The van der Waals surface area contributed by atoms with Crippen LogP contribution in [-0.2, 0) is 65.4 Å². The van der Waals surface area contributed by atoms with Gasteiger partial charge < -0.3 is 33.8 Å². The number of unbranched alkanes of at least 4 members (excludes halogenated alkanes) is 49. The standard InChI is InChI=1S/C83H162O17P2/c1-8-9-10-11-12-13-14-15-16-17-21-24-27-32-37-42-50-57-64-80(85)93-70-78(99-82(87)66-59-52-43-38-33-28-25-22-19-18-20-23-26-30-35-40-47-54-61-74(2)3)72-97-101(89,90)95-68-77(84)69-96-102(91,92)98-73-79(71-94-81(86)65-58-51-46-45-49-56-63-76(6)7)100-83(88)67-60-53-44-39-34-29-31-36-41-48-55-62-75(4)5/h74-79,84H,8-73H2,1-7H3,(H,89,90)(H,91,92)/t77-,78-,79-/m1/s1. The Bertz CT molecular complexity index is 1970. The minimum Gasteiger partial charge on any atom is -0.462 e. The second-order valence-electron chi connectivity index (χ2n) is 31.3. The van der Waals surface area contributed by atoms with E-state index in [1.54, 1.807) is 0 Å². The van der Waals surface area contributed by atoms with Gasteiger partial charge in [0.2, 0.25) is 0 Å². The topological polar surface area (TPSA) is 237 Å². The van der Waals surface area contributed by atoms with Gasteiger partial charge in [-0.25, -0.2) is 9.13 Å². The van der Waals surface area contributed by atoms with Crippen LogP contribution in [0.15, 0.2) is 0 Å². The van der Waals surface area contributed by atoms with Crippen LogP contribution < -0.4 is 0 Å². The van der Waals surface area contributed by atoms with Crippen LogP contribution in [0.4, 0.5) is 0 Å². The molecule has 0 amide bonds. The molecule has 0 radical (unpaired) electrons. The number of aliphatic hydroxyl groups excluding tert-OH is 1. The van der Waals surface area contributed by atoms with Gasteiger partial charge in [0.15, 0.2) is 12.2 Å². The first-order valence-electron chi connectivity index (χ1n) is 42.8. The third-order valence-corrected chi connectivity index (χ3v) is 21.3. The predicted molar refractivity (Wildman–Crippen MR) is 418 cm³/mol. The second-order valence-corrected chi connectivity index (χ2v) is 34.2. The lowest BCUT2D eigenvalue weighted by Gasteiger charge is -2.21. The molecule has 0 aromatic rings. The van der Waals surface area contributed by atoms with E-state index in [-0.39, 0.29) is 25.7 Å². The summed E-state index contributed by atoms with van der Waals surface area (Å²) in [6, 6.07) is 0. The van der Waals surface area contributed by atoms with Crippen LogP contribution in [0, 0.1) is 17.8 Å². The average molecular weight is 1490 g/mol. The van der Waals surface area contributed by atoms with E-state index >= 15 is 0 Å². The maximum Gasteiger partial charge on any atom is 0.472 e. The summed E-state index contributed by atoms with van der Waals surface area (Å²) in [6.45, 7) is 11.9. The highest BCUT2D eigenvalue weighted by Gasteiger charge is 2.30. The first kappa shape index (κ1) is 100. The maximum absolute atomic E-state index is 13.1. The van der Waals surface area contributed by atoms with E-state index in [2.05, 4.69) is 48.5 Å². The molecule has 0 aliphatic carbocycles. The van der Waals surface area contributed by atoms with E-state index < -0.39 is 97.5 Å². The summed E-state index contributed by atoms with van der Waals surface area (Å²) in [5.41, 5.74) is 0. The molecule has 2 unspecified atom stereocenters. The van der Waals surface area contributed by atoms with Crippen molar-refractivity contribution >= 4 is 39.5 Å². The monoisotopic (exact) mass is 1490 g/mol. The number of hydrogen-bond acceptors (Lipinski definition) is 15. The number of phosphoric ester groups is 2. The van der Waals surface area contributed by atoms with E-state index in [9.17, 15) is 43.2 Å². The molecule has 0 rings (SSSR count). The van der Waals surface area contributed by atoms with Gasteiger partial charge in [0, 0.05) is 25.7 Å². The third-order valence-electron chi connectivity index (χ3n) is 19.4. The molecule has 0 saturated heterocycles. The highest BCUT2D eigenvalue weighted by molar-refractivity contribution is 7.47. The van der Waals surface area contributed by atoms with Crippen LogP contribution in [0.25, 0.3) is 0 Å². The van der Waals surface area contributed by atoms with Crippen molar-refractivity contribution in [2.75, 3.05) is 39.6 Å². The summed E-state index contributed by atoms with van der Waals surface area (Å²) in [5, 5.41) is 10.6. The third kappa shape index (κ3) is 76.3. The number of aliphatic hydroxyl groups is 1. The van der Waals surface area contributed by atoms with Crippen molar-refractivity contribution in [2.45, 2.75) is 452 Å². The van der Waals surface area contributed by atoms with E-state index in [4.69, 9.17) is 37.0 Å². The minimum absolute atomic E-state index is 0.105. The van der Waals surface area contributed by atoms with Crippen molar-refractivity contribution in [1.82, 2.24) is 0 Å². The molecule has 0 spiro atoms. The molecule has 0 aliphatic heterocycles. The van der Waals surface area contributed by atoms with Crippen LogP contribution in [0.1, 0.15) is 434 Å². The van der Waals surface area contributed by atoms with Crippen LogP contribution in [0.2, 0.25) is 0 Å². The molecule has 0 aromatic heterocycles. The van der Waals surface area contributed by atoms with Crippen LogP contribution in [-0.4, -0.2) is 96.7 Å². The summed E-state index contributed by atoms with van der Waals surface area (Å²) < 4.78 is 68.7. The van der Waals surface area contributed by atoms with Crippen LogP contribution in [0.3, 0.4) is 0 Å². The summed E-state index contributed by atoms with van der Waals surface area (Å²) in [6.07, 6.45) is 62.7. The number of esters is 4. The van der Waals surface area contributed by atoms with Crippen molar-refractivity contribution in [1.29, 1.82) is 0 Å². The number of phosphoric acid groups is 2. The highest BCUT2D eigenvalue weighted by atomic mass is 31.2. The van der Waals surface area contributed by atoms with Gasteiger partial charge in [-0.15, -0.1) is 0 Å². The van der Waals surface area contributed by atoms with Crippen molar-refractivity contribution in [2.24, 2.45) is 17.8 Å². The Kier molecular flexibility index (Phi) is 71.8. The molecule has 0 aliphatic rings. The molecule has 5 atom stereocenters. The number of ether oxygens (including phenoxy) is 4. The van der Waals surface area contributed by atoms with Gasteiger partial charge in [0.25, 0.3) is 0 Å². The van der Waals surface area contributed by atoms with Crippen molar-refractivity contribution in [3.63, 3.8) is 0 Å². The molecule has 0 fully saturated rings. The molecule has 17 nitrogen and oxygen atoms in total. The van der Waals surface area contributed by atoms with Crippen LogP contribution in [0.5, 0.6) is 0 Å². The van der Waals surface area contributed by atoms with Gasteiger partial charge in [-0.2, -0.15) is 0 Å². The molecule has 102 heavy (non-hydrogen) atoms. The zero-order valence-electron chi connectivity index (χ0n) is 67.1. The molecular formula is C83H162O17P2. The second kappa shape index (κ2) is 73.2. The summed E-state index contributed by atoms with van der Waals surface area (Å²) >= 11 is 0. The lowest BCUT2D eigenvalue weighted by molar-refractivity contribution is -0.161. The Hall–Kier alpha value is -1.94. The molecule has 3 N–H and O–H groups in total. The number of carbonyl (C=O) groups is 4. The maximum atomic E-state index is 13.1. The van der Waals surface area contributed by atoms with Gasteiger partial charge in [-0.05, 0) is 43.4 Å². The van der Waals surface area contributed by atoms with Gasteiger partial charge >= 0.3 is 39.5 Å². The fourth-order valence-electron chi connectivity index (χ4n) is 12.8. The zero-order chi connectivity index (χ0) is 75.1. The smallest absolute Gasteiger partial charge is 0.462 e. The molecule has 0 bridgehead atoms. The Labute approximate surface area is 626 Å². The van der Waals surface area contributed by atoms with E-state index in [0.29, 0.717) is 31.6 Å². The zero-order valence-corrected chi connectivity index (χ0v) is 68.9. The van der Waals surface area contributed by atoms with Crippen LogP contribution >= 0.6 is 15.6 Å². The molecule has 0 heterocycles. The number of hydrogen-bond donors (Lipinski definition) is 3. The first-order chi connectivity index (χ1) is 49.2. The first-order valence-corrected chi connectivity index (χ1v) is 45.8. The molecule has 19 heteroatoms. The SMILES string of the molecule is CCCCCCCCCCCCCCCCCCCCC(=O)OC[C@H](COP(=O)(O)OC[C@@H](O)COP(=O)(O)OC[C@@H](COC(=O)CCCCCCCCC(C)C)OC(=O)CCCCCCCCCCCCCC(C)C)OC(=O)CCCCCCCCCCCCCCCCCCCCC(C)C. The number of rotatable bonds is 81. The summed E-state index contributed by atoms with van der Waals surface area (Å²) in [4.78, 5) is 73.0. The number of carbonyl (C=O) groups excluding carboxylic acids is 4. The van der Waals surface area contributed by atoms with E-state index in [1.165, 1.54) is 238 Å². The highest BCUT2D eigenvalue weighted by Crippen LogP contribution is 2.45. The van der Waals surface area contributed by atoms with Crippen molar-refractivity contribution in [3.05, 3.63) is 0 Å². The molecular weight excluding hydrogens is 1330 g/mol. The average Bonchev–Trinajstić information content (AvgIpc) is 0.913. The fraction of sp³-hybridized carbons (Fsp3) is 0.952. The fourth-order valence-corrected chi connectivity index (χ4v) is 14.4. The van der Waals surface area contributed by atoms with Gasteiger partial charge in [-0.1, -0.05) is 382 Å². The van der Waals surface area contributed by atoms with Gasteiger partial charge in [0.05, 0.1) is 26.4 Å². The summed E-state index contributed by atoms with van der Waals surface area (Å²) in [7, 11) is -9.92. The Balaban J connectivity index is 5.21. The van der Waals surface area contributed by atoms with Gasteiger partial charge in [-0.3, -0.25) is 37.3 Å². The van der Waals surface area contributed by atoms with Crippen molar-refractivity contribution in [3.8, 4) is 0 Å². The normalized spacial score (nSPS) is 13.9. The largest absolute Gasteiger partial charge is 0.472 e. The Morgan fingerprint density at radius 1 is 0.265 bits per heavy atom. The Morgan fingerprint density at radius 3 is 0.667 bits per heavy atom. The van der Waals surface area contributed by atoms with Gasteiger partial charge in [0.1, 0.15) is 19.3 Å². The quantitative estimate of drug-likeness (QED) is 0.0222. The van der Waals surface area contributed by atoms with E-state index in [1.807, 2.05) is 0 Å². The predicted octanol–water partition coefficient (Wildman–Crippen LogP) is 24.9. The molecule has 606 valence electrons. The molecule has 0 aromatic carbocycles. The Morgan fingerprint density at radius 2 is 0.451 bits per heavy atom. The van der Waals surface area contributed by atoms with Crippen molar-refractivity contribution < 1.29 is 80.2 Å². The lowest BCUT2D eigenvalue weighted by atomic mass is 10.0. The van der Waals surface area contributed by atoms with E-state index in [0.717, 1.165) is 108 Å². The lowest BCUT2D eigenvalue weighted by Crippen LogP contribution is -2.30. The summed E-state index contributed by atoms with van der Waals surface area (Å²) in [5.74, 6) is 0.154. The molecule has 0 saturated carbocycles. The minimum atomic E-state index is -4.96.